The summed E-state index contributed by atoms with van der Waals surface area (Å²) in [5, 5.41) is 12.2. The molecule has 1 fully saturated rings. The molecule has 0 aromatic rings. The van der Waals surface area contributed by atoms with Gasteiger partial charge < -0.3 is 15.3 Å². The van der Waals surface area contributed by atoms with Gasteiger partial charge in [0.25, 0.3) is 0 Å². The fourth-order valence-corrected chi connectivity index (χ4v) is 1.32. The van der Waals surface area contributed by atoms with Crippen LogP contribution < -0.4 is 5.32 Å². The zero-order chi connectivity index (χ0) is 7.56. The molecule has 1 rings (SSSR count). The van der Waals surface area contributed by atoms with E-state index in [-0.39, 0.29) is 31.4 Å². The summed E-state index contributed by atoms with van der Waals surface area (Å²) in [5.74, 6) is 0.653. The van der Waals surface area contributed by atoms with Crippen LogP contribution in [0.25, 0.3) is 0 Å². The first-order chi connectivity index (χ1) is 4.75. The molecule has 0 radical (unpaired) electrons. The lowest BCUT2D eigenvalue weighted by molar-refractivity contribution is 0.0937. The molecule has 1 saturated heterocycles. The molecule has 1 aliphatic heterocycles. The Kier molecular flexibility index (Phi) is 8.63. The van der Waals surface area contributed by atoms with Gasteiger partial charge in [-0.1, -0.05) is 0 Å². The average molecular weight is 217 g/mol. The van der Waals surface area contributed by atoms with Crippen molar-refractivity contribution in [3.8, 4) is 0 Å². The van der Waals surface area contributed by atoms with Crippen LogP contribution in [0.4, 0.5) is 0 Å². The standard InChI is InChI=1S/C7H16N2O.2ClH/c1-9(2)7(5-10)6-3-8-4-6;;/h6-8,10H,3-5H2,1-2H3;2*1H. The van der Waals surface area contributed by atoms with Crippen molar-refractivity contribution in [2.45, 2.75) is 6.04 Å². The highest BCUT2D eigenvalue weighted by Gasteiger charge is 2.27. The van der Waals surface area contributed by atoms with Crippen molar-refractivity contribution in [2.75, 3.05) is 33.8 Å². The van der Waals surface area contributed by atoms with Gasteiger partial charge in [-0.2, -0.15) is 0 Å². The first-order valence-electron chi connectivity index (χ1n) is 3.73. The zero-order valence-electron chi connectivity index (χ0n) is 7.49. The van der Waals surface area contributed by atoms with E-state index >= 15 is 0 Å². The van der Waals surface area contributed by atoms with E-state index in [4.69, 9.17) is 5.11 Å². The Morgan fingerprint density at radius 1 is 1.42 bits per heavy atom. The molecule has 5 heteroatoms. The van der Waals surface area contributed by atoms with Gasteiger partial charge in [-0.25, -0.2) is 0 Å². The van der Waals surface area contributed by atoms with Gasteiger partial charge in [-0.15, -0.1) is 24.8 Å². The van der Waals surface area contributed by atoms with E-state index < -0.39 is 0 Å². The monoisotopic (exact) mass is 216 g/mol. The molecule has 0 saturated carbocycles. The molecule has 0 amide bonds. The second kappa shape index (κ2) is 6.92. The molecule has 1 aliphatic rings. The van der Waals surface area contributed by atoms with Crippen LogP contribution in [0.1, 0.15) is 0 Å². The van der Waals surface area contributed by atoms with Crippen molar-refractivity contribution in [3.63, 3.8) is 0 Å². The number of rotatable bonds is 3. The molecule has 76 valence electrons. The van der Waals surface area contributed by atoms with Crippen molar-refractivity contribution < 1.29 is 5.11 Å². The van der Waals surface area contributed by atoms with Crippen molar-refractivity contribution in [1.29, 1.82) is 0 Å². The van der Waals surface area contributed by atoms with Gasteiger partial charge in [0, 0.05) is 25.0 Å². The first kappa shape index (κ1) is 15.0. The molecule has 0 bridgehead atoms. The van der Waals surface area contributed by atoms with Gasteiger partial charge in [0.1, 0.15) is 0 Å². The van der Waals surface area contributed by atoms with Crippen LogP contribution in [0.15, 0.2) is 0 Å². The van der Waals surface area contributed by atoms with E-state index in [1.807, 2.05) is 14.1 Å². The topological polar surface area (TPSA) is 35.5 Å². The van der Waals surface area contributed by atoms with Gasteiger partial charge >= 0.3 is 0 Å². The average Bonchev–Trinajstić information content (AvgIpc) is 1.76. The van der Waals surface area contributed by atoms with E-state index in [0.29, 0.717) is 12.0 Å². The summed E-state index contributed by atoms with van der Waals surface area (Å²) in [6.07, 6.45) is 0. The van der Waals surface area contributed by atoms with Crippen molar-refractivity contribution in [1.82, 2.24) is 10.2 Å². The highest BCUT2D eigenvalue weighted by Crippen LogP contribution is 2.12. The van der Waals surface area contributed by atoms with Crippen molar-refractivity contribution in [3.05, 3.63) is 0 Å². The Morgan fingerprint density at radius 3 is 2.00 bits per heavy atom. The van der Waals surface area contributed by atoms with Crippen molar-refractivity contribution >= 4 is 24.8 Å². The van der Waals surface area contributed by atoms with Crippen LogP contribution in [0.2, 0.25) is 0 Å². The maximum absolute atomic E-state index is 8.96. The number of nitrogens with one attached hydrogen (secondary N) is 1. The van der Waals surface area contributed by atoms with E-state index in [0.717, 1.165) is 13.1 Å². The molecular weight excluding hydrogens is 199 g/mol. The molecule has 0 aromatic carbocycles. The Bertz CT molecular complexity index is 110. The first-order valence-corrected chi connectivity index (χ1v) is 3.73. The van der Waals surface area contributed by atoms with E-state index in [2.05, 4.69) is 10.2 Å². The van der Waals surface area contributed by atoms with E-state index in [1.165, 1.54) is 0 Å². The van der Waals surface area contributed by atoms with Gasteiger partial charge in [0.2, 0.25) is 0 Å². The van der Waals surface area contributed by atoms with Gasteiger partial charge in [-0.3, -0.25) is 0 Å². The number of halogens is 2. The predicted molar refractivity (Wildman–Crippen MR) is 55.4 cm³/mol. The number of aliphatic hydroxyl groups is 1. The number of likely N-dealkylation sites (N-methyl/N-ethyl adjacent to an activating group) is 1. The second-order valence-corrected chi connectivity index (χ2v) is 3.13. The quantitative estimate of drug-likeness (QED) is 0.697. The molecule has 1 unspecified atom stereocenters. The third kappa shape index (κ3) is 3.46. The summed E-state index contributed by atoms with van der Waals surface area (Å²) in [4.78, 5) is 2.09. The van der Waals surface area contributed by atoms with Crippen LogP contribution in [-0.4, -0.2) is 49.8 Å². The molecule has 1 heterocycles. The van der Waals surface area contributed by atoms with Gasteiger partial charge in [0.15, 0.2) is 0 Å². The summed E-state index contributed by atoms with van der Waals surface area (Å²) in [7, 11) is 4.03. The Morgan fingerprint density at radius 2 is 1.92 bits per heavy atom. The minimum absolute atomic E-state index is 0. The summed E-state index contributed by atoms with van der Waals surface area (Å²) in [6.45, 7) is 2.40. The van der Waals surface area contributed by atoms with Gasteiger partial charge in [-0.05, 0) is 14.1 Å². The normalized spacial score (nSPS) is 19.0. The summed E-state index contributed by atoms with van der Waals surface area (Å²) in [5.41, 5.74) is 0. The fraction of sp³-hybridized carbons (Fsp3) is 1.00. The summed E-state index contributed by atoms with van der Waals surface area (Å²) in [6, 6.07) is 0.348. The predicted octanol–water partition coefficient (Wildman–Crippen LogP) is -0.0281. The molecule has 0 aromatic heterocycles. The van der Waals surface area contributed by atoms with Crippen molar-refractivity contribution in [2.24, 2.45) is 5.92 Å². The van der Waals surface area contributed by atoms with E-state index in [9.17, 15) is 0 Å². The highest BCUT2D eigenvalue weighted by atomic mass is 35.5. The largest absolute Gasteiger partial charge is 0.395 e. The SMILES string of the molecule is CN(C)C(CO)C1CNC1.Cl.Cl. The minimum atomic E-state index is 0. The lowest BCUT2D eigenvalue weighted by Gasteiger charge is -2.37. The van der Waals surface area contributed by atoms with Gasteiger partial charge in [0.05, 0.1) is 6.61 Å². The smallest absolute Gasteiger partial charge is 0.0590 e. The molecule has 2 N–H and O–H groups in total. The van der Waals surface area contributed by atoms with Crippen LogP contribution in [-0.2, 0) is 0 Å². The summed E-state index contributed by atoms with van der Waals surface area (Å²) < 4.78 is 0. The molecule has 3 nitrogen and oxygen atoms in total. The molecule has 0 aliphatic carbocycles. The fourth-order valence-electron chi connectivity index (χ4n) is 1.32. The highest BCUT2D eigenvalue weighted by molar-refractivity contribution is 5.85. The van der Waals surface area contributed by atoms with Crippen LogP contribution in [0.3, 0.4) is 0 Å². The maximum atomic E-state index is 8.96. The number of aliphatic hydroxyl groups excluding tert-OH is 1. The third-order valence-corrected chi connectivity index (χ3v) is 2.21. The molecular formula is C7H18Cl2N2O. The number of hydrogen-bond acceptors (Lipinski definition) is 3. The molecule has 1 atom stereocenters. The zero-order valence-corrected chi connectivity index (χ0v) is 9.12. The Labute approximate surface area is 86.3 Å². The summed E-state index contributed by atoms with van der Waals surface area (Å²) >= 11 is 0. The lowest BCUT2D eigenvalue weighted by atomic mass is 9.94. The molecule has 0 spiro atoms. The lowest BCUT2D eigenvalue weighted by Crippen LogP contribution is -2.54. The number of nitrogens with zero attached hydrogens (tertiary/aromatic N) is 1. The Balaban J connectivity index is 0. The van der Waals surface area contributed by atoms with Crippen LogP contribution in [0.5, 0.6) is 0 Å². The van der Waals surface area contributed by atoms with Crippen LogP contribution >= 0.6 is 24.8 Å². The van der Waals surface area contributed by atoms with Crippen LogP contribution in [0, 0.1) is 5.92 Å². The Hall–Kier alpha value is 0.460. The maximum Gasteiger partial charge on any atom is 0.0590 e. The third-order valence-electron chi connectivity index (χ3n) is 2.21. The van der Waals surface area contributed by atoms with E-state index in [1.54, 1.807) is 0 Å². The number of hydrogen-bond donors (Lipinski definition) is 2. The molecule has 12 heavy (non-hydrogen) atoms. The minimum Gasteiger partial charge on any atom is -0.395 e. The second-order valence-electron chi connectivity index (χ2n) is 3.13.